The Morgan fingerprint density at radius 3 is 2.21 bits per heavy atom. The maximum Gasteiger partial charge on any atom is 0.244 e. The Balaban J connectivity index is 2.32. The van der Waals surface area contributed by atoms with Gasteiger partial charge < -0.3 is 10.2 Å². The summed E-state index contributed by atoms with van der Waals surface area (Å²) in [6.45, 7) is 5.71. The number of unbranched alkanes of at least 4 members (excludes halogenated alkanes) is 1. The van der Waals surface area contributed by atoms with E-state index in [1.807, 2.05) is 38.1 Å². The summed E-state index contributed by atoms with van der Waals surface area (Å²) in [6, 6.07) is 11.6. The molecule has 0 spiro atoms. The van der Waals surface area contributed by atoms with Crippen LogP contribution in [0.1, 0.15) is 37.8 Å². The molecule has 1 unspecified atom stereocenters. The van der Waals surface area contributed by atoms with Gasteiger partial charge in [-0.1, -0.05) is 43.2 Å². The van der Waals surface area contributed by atoms with E-state index in [2.05, 4.69) is 5.32 Å². The van der Waals surface area contributed by atoms with Crippen molar-refractivity contribution < 1.29 is 22.4 Å². The van der Waals surface area contributed by atoms with Crippen molar-refractivity contribution in [2.45, 2.75) is 46.2 Å². The fourth-order valence-electron chi connectivity index (χ4n) is 3.23. The fraction of sp³-hybridized carbons (Fsp3) is 0.417. The molecule has 0 aromatic heterocycles. The molecule has 1 N–H and O–H groups in total. The number of anilines is 1. The van der Waals surface area contributed by atoms with Gasteiger partial charge >= 0.3 is 0 Å². The number of sulfonamides is 1. The predicted octanol–water partition coefficient (Wildman–Crippen LogP) is 3.23. The summed E-state index contributed by atoms with van der Waals surface area (Å²) in [7, 11) is -3.84. The van der Waals surface area contributed by atoms with Crippen LogP contribution in [-0.2, 0) is 26.2 Å². The molecule has 0 radical (unpaired) electrons. The van der Waals surface area contributed by atoms with Gasteiger partial charge in [-0.25, -0.2) is 12.8 Å². The van der Waals surface area contributed by atoms with Crippen molar-refractivity contribution in [2.24, 2.45) is 0 Å². The minimum absolute atomic E-state index is 0.141. The van der Waals surface area contributed by atoms with E-state index in [9.17, 15) is 22.4 Å². The highest BCUT2D eigenvalue weighted by Gasteiger charge is 2.30. The summed E-state index contributed by atoms with van der Waals surface area (Å²) in [5.41, 5.74) is 2.04. The van der Waals surface area contributed by atoms with Crippen LogP contribution in [0.3, 0.4) is 0 Å². The van der Waals surface area contributed by atoms with Crippen molar-refractivity contribution in [3.05, 3.63) is 65.5 Å². The molecule has 0 aliphatic heterocycles. The maximum absolute atomic E-state index is 13.4. The number of carbonyl (C=O) groups is 2. The number of amides is 2. The Hall–Kier alpha value is -2.94. The summed E-state index contributed by atoms with van der Waals surface area (Å²) in [5, 5.41) is 2.83. The first-order valence-corrected chi connectivity index (χ1v) is 12.7. The molecule has 0 aliphatic carbocycles. The van der Waals surface area contributed by atoms with E-state index in [1.54, 1.807) is 6.92 Å². The van der Waals surface area contributed by atoms with Crippen molar-refractivity contribution in [3.8, 4) is 0 Å². The van der Waals surface area contributed by atoms with Gasteiger partial charge in [0.05, 0.1) is 11.9 Å². The molecule has 180 valence electrons. The lowest BCUT2D eigenvalue weighted by Crippen LogP contribution is -2.51. The van der Waals surface area contributed by atoms with E-state index in [0.717, 1.165) is 46.7 Å². The Morgan fingerprint density at radius 2 is 1.67 bits per heavy atom. The van der Waals surface area contributed by atoms with E-state index in [0.29, 0.717) is 6.54 Å². The SMILES string of the molecule is CCCCNC(=O)C(C)N(Cc1ccc(C)cc1)C(=O)CN(c1ccc(F)cc1)S(C)(=O)=O. The molecular formula is C24H32FN3O4S. The monoisotopic (exact) mass is 477 g/mol. The molecule has 0 aliphatic rings. The van der Waals surface area contributed by atoms with Crippen LogP contribution >= 0.6 is 0 Å². The lowest BCUT2D eigenvalue weighted by Gasteiger charge is -2.31. The molecular weight excluding hydrogens is 445 g/mol. The highest BCUT2D eigenvalue weighted by Crippen LogP contribution is 2.19. The zero-order valence-electron chi connectivity index (χ0n) is 19.5. The molecule has 0 saturated carbocycles. The van der Waals surface area contributed by atoms with Gasteiger partial charge in [-0.2, -0.15) is 0 Å². The second-order valence-corrected chi connectivity index (χ2v) is 9.98. The van der Waals surface area contributed by atoms with Crippen molar-refractivity contribution in [2.75, 3.05) is 23.7 Å². The first-order chi connectivity index (χ1) is 15.5. The standard InChI is InChI=1S/C24H32FN3O4S/c1-5-6-15-26-24(30)19(3)27(16-20-9-7-18(2)8-10-20)23(29)17-28(33(4,31)32)22-13-11-21(25)12-14-22/h7-14,19H,5-6,15-17H2,1-4H3,(H,26,30). The van der Waals surface area contributed by atoms with E-state index in [1.165, 1.54) is 17.0 Å². The first kappa shape index (κ1) is 26.3. The average molecular weight is 478 g/mol. The Bertz CT molecular complexity index is 1040. The molecule has 2 amide bonds. The summed E-state index contributed by atoms with van der Waals surface area (Å²) >= 11 is 0. The van der Waals surface area contributed by atoms with Crippen molar-refractivity contribution >= 4 is 27.5 Å². The third-order valence-electron chi connectivity index (χ3n) is 5.26. The molecule has 0 saturated heterocycles. The number of halogens is 1. The summed E-state index contributed by atoms with van der Waals surface area (Å²) in [4.78, 5) is 27.4. The van der Waals surface area contributed by atoms with Gasteiger partial charge in [0.1, 0.15) is 18.4 Å². The van der Waals surface area contributed by atoms with Gasteiger partial charge in [0.2, 0.25) is 21.8 Å². The van der Waals surface area contributed by atoms with Crippen LogP contribution < -0.4 is 9.62 Å². The normalized spacial score (nSPS) is 12.2. The van der Waals surface area contributed by atoms with Gasteiger partial charge in [0.25, 0.3) is 0 Å². The predicted molar refractivity (Wildman–Crippen MR) is 128 cm³/mol. The van der Waals surface area contributed by atoms with Crippen LogP contribution in [0.2, 0.25) is 0 Å². The van der Waals surface area contributed by atoms with E-state index in [4.69, 9.17) is 0 Å². The van der Waals surface area contributed by atoms with Gasteiger partial charge in [-0.3, -0.25) is 13.9 Å². The molecule has 1 atom stereocenters. The topological polar surface area (TPSA) is 86.8 Å². The van der Waals surface area contributed by atoms with Crippen molar-refractivity contribution in [1.82, 2.24) is 10.2 Å². The minimum atomic E-state index is -3.84. The van der Waals surface area contributed by atoms with E-state index in [-0.39, 0.29) is 18.1 Å². The van der Waals surface area contributed by atoms with Crippen molar-refractivity contribution in [1.29, 1.82) is 0 Å². The first-order valence-electron chi connectivity index (χ1n) is 10.9. The molecule has 7 nitrogen and oxygen atoms in total. The van der Waals surface area contributed by atoms with Crippen LogP contribution in [0, 0.1) is 12.7 Å². The Labute approximate surface area is 195 Å². The van der Waals surface area contributed by atoms with Crippen molar-refractivity contribution in [3.63, 3.8) is 0 Å². The number of hydrogen-bond donors (Lipinski definition) is 1. The number of hydrogen-bond acceptors (Lipinski definition) is 4. The number of benzene rings is 2. The Kier molecular flexibility index (Phi) is 9.40. The number of carbonyl (C=O) groups excluding carboxylic acids is 2. The zero-order valence-corrected chi connectivity index (χ0v) is 20.4. The molecule has 0 heterocycles. The minimum Gasteiger partial charge on any atom is -0.354 e. The molecule has 2 aromatic carbocycles. The maximum atomic E-state index is 13.4. The summed E-state index contributed by atoms with van der Waals surface area (Å²) < 4.78 is 39.1. The molecule has 33 heavy (non-hydrogen) atoms. The van der Waals surface area contributed by atoms with E-state index < -0.39 is 34.3 Å². The van der Waals surface area contributed by atoms with Crippen LogP contribution in [0.15, 0.2) is 48.5 Å². The second-order valence-electron chi connectivity index (χ2n) is 8.07. The number of rotatable bonds is 11. The summed E-state index contributed by atoms with van der Waals surface area (Å²) in [6.07, 6.45) is 2.72. The van der Waals surface area contributed by atoms with E-state index >= 15 is 0 Å². The van der Waals surface area contributed by atoms with Crippen LogP contribution in [0.5, 0.6) is 0 Å². The lowest BCUT2D eigenvalue weighted by atomic mass is 10.1. The second kappa shape index (κ2) is 11.8. The van der Waals surface area contributed by atoms with Crippen LogP contribution in [0.4, 0.5) is 10.1 Å². The Morgan fingerprint density at radius 1 is 1.06 bits per heavy atom. The van der Waals surface area contributed by atoms with Gasteiger partial charge in [0.15, 0.2) is 0 Å². The van der Waals surface area contributed by atoms with Gasteiger partial charge in [-0.15, -0.1) is 0 Å². The highest BCUT2D eigenvalue weighted by molar-refractivity contribution is 7.92. The summed E-state index contributed by atoms with van der Waals surface area (Å²) in [5.74, 6) is -1.36. The molecule has 0 bridgehead atoms. The third kappa shape index (κ3) is 7.85. The van der Waals surface area contributed by atoms with Crippen LogP contribution in [0.25, 0.3) is 0 Å². The number of nitrogens with one attached hydrogen (secondary N) is 1. The molecule has 2 aromatic rings. The molecule has 0 fully saturated rings. The van der Waals surface area contributed by atoms with Crippen LogP contribution in [-0.4, -0.2) is 50.5 Å². The number of nitrogens with zero attached hydrogens (tertiary/aromatic N) is 2. The quantitative estimate of drug-likeness (QED) is 0.504. The smallest absolute Gasteiger partial charge is 0.244 e. The molecule has 9 heteroatoms. The number of aryl methyl sites for hydroxylation is 1. The fourth-order valence-corrected chi connectivity index (χ4v) is 4.08. The lowest BCUT2D eigenvalue weighted by molar-refractivity contribution is -0.139. The average Bonchev–Trinajstić information content (AvgIpc) is 2.76. The van der Waals surface area contributed by atoms with Gasteiger partial charge in [0, 0.05) is 13.1 Å². The third-order valence-corrected chi connectivity index (χ3v) is 6.40. The zero-order chi connectivity index (χ0) is 24.6. The molecule has 2 rings (SSSR count). The van der Waals surface area contributed by atoms with Gasteiger partial charge in [-0.05, 0) is 50.1 Å². The highest BCUT2D eigenvalue weighted by atomic mass is 32.2. The largest absolute Gasteiger partial charge is 0.354 e.